The van der Waals surface area contributed by atoms with Crippen LogP contribution in [-0.2, 0) is 23.1 Å². The van der Waals surface area contributed by atoms with Crippen molar-refractivity contribution in [2.24, 2.45) is 0 Å². The zero-order valence-corrected chi connectivity index (χ0v) is 15.0. The van der Waals surface area contributed by atoms with Crippen LogP contribution in [0.5, 0.6) is 0 Å². The van der Waals surface area contributed by atoms with Crippen LogP contribution < -0.4 is 11.0 Å². The van der Waals surface area contributed by atoms with Crippen molar-refractivity contribution in [2.45, 2.75) is 45.2 Å². The summed E-state index contributed by atoms with van der Waals surface area (Å²) in [6, 6.07) is 0. The van der Waals surface area contributed by atoms with E-state index in [-0.39, 0.29) is 17.4 Å². The molecule has 1 saturated heterocycles. The van der Waals surface area contributed by atoms with Gasteiger partial charge in [0.2, 0.25) is 10.0 Å². The van der Waals surface area contributed by atoms with E-state index < -0.39 is 10.0 Å². The highest BCUT2D eigenvalue weighted by Gasteiger charge is 2.23. The first-order chi connectivity index (χ1) is 10.9. The number of nitrogens with zero attached hydrogens (tertiary/aromatic N) is 4. The topological polar surface area (TPSA) is 89.2 Å². The van der Waals surface area contributed by atoms with Crippen LogP contribution in [0.3, 0.4) is 0 Å². The monoisotopic (exact) mass is 345 g/mol. The van der Waals surface area contributed by atoms with Crippen LogP contribution in [0.4, 0.5) is 0 Å². The van der Waals surface area contributed by atoms with Crippen molar-refractivity contribution in [3.63, 3.8) is 0 Å². The van der Waals surface area contributed by atoms with Crippen LogP contribution in [-0.4, -0.2) is 60.0 Å². The maximum absolute atomic E-state index is 12.4. The molecule has 8 nitrogen and oxygen atoms in total. The zero-order chi connectivity index (χ0) is 17.0. The molecule has 0 radical (unpaired) electrons. The van der Waals surface area contributed by atoms with Gasteiger partial charge in [-0.1, -0.05) is 0 Å². The number of sulfonamides is 1. The Morgan fingerprint density at radius 2 is 2.13 bits per heavy atom. The van der Waals surface area contributed by atoms with Crippen molar-refractivity contribution in [2.75, 3.05) is 32.9 Å². The fourth-order valence-electron chi connectivity index (χ4n) is 2.85. The van der Waals surface area contributed by atoms with Gasteiger partial charge in [0.25, 0.3) is 0 Å². The average Bonchev–Trinajstić information content (AvgIpc) is 2.84. The molecule has 132 valence electrons. The van der Waals surface area contributed by atoms with Crippen LogP contribution in [0.15, 0.2) is 4.79 Å². The molecule has 0 saturated carbocycles. The molecule has 1 aliphatic rings. The number of aryl methyl sites for hydroxylation is 1. The molecule has 23 heavy (non-hydrogen) atoms. The van der Waals surface area contributed by atoms with E-state index >= 15 is 0 Å². The molecule has 0 bridgehead atoms. The largest absolute Gasteiger partial charge is 0.345 e. The van der Waals surface area contributed by atoms with Gasteiger partial charge in [-0.15, -0.1) is 0 Å². The van der Waals surface area contributed by atoms with Crippen molar-refractivity contribution < 1.29 is 8.42 Å². The normalized spacial score (nSPS) is 19.4. The fourth-order valence-corrected chi connectivity index (χ4v) is 3.71. The molecule has 1 N–H and O–H groups in total. The van der Waals surface area contributed by atoms with Crippen LogP contribution in [0.1, 0.15) is 37.9 Å². The molecule has 0 amide bonds. The van der Waals surface area contributed by atoms with Gasteiger partial charge >= 0.3 is 5.69 Å². The lowest BCUT2D eigenvalue weighted by Crippen LogP contribution is -2.31. The maximum atomic E-state index is 12.4. The Bertz CT molecular complexity index is 671. The van der Waals surface area contributed by atoms with Gasteiger partial charge in [0.15, 0.2) is 0 Å². The van der Waals surface area contributed by atoms with Crippen molar-refractivity contribution in [3.05, 3.63) is 16.3 Å². The quantitative estimate of drug-likeness (QED) is 0.740. The molecule has 0 aliphatic carbocycles. The van der Waals surface area contributed by atoms with Crippen LogP contribution in [0.25, 0.3) is 0 Å². The first-order valence-electron chi connectivity index (χ1n) is 8.15. The predicted molar refractivity (Wildman–Crippen MR) is 89.1 cm³/mol. The van der Waals surface area contributed by atoms with Gasteiger partial charge in [0, 0.05) is 39.6 Å². The summed E-state index contributed by atoms with van der Waals surface area (Å²) in [4.78, 5) is 12.4. The van der Waals surface area contributed by atoms with Gasteiger partial charge in [-0.25, -0.2) is 22.2 Å². The summed E-state index contributed by atoms with van der Waals surface area (Å²) in [6.07, 6.45) is 2.48. The summed E-state index contributed by atoms with van der Waals surface area (Å²) < 4.78 is 27.9. The molecule has 9 heteroatoms. The number of hydrogen-bond acceptors (Lipinski definition) is 5. The highest BCUT2D eigenvalue weighted by atomic mass is 32.2. The number of rotatable bonds is 7. The Kier molecular flexibility index (Phi) is 5.99. The summed E-state index contributed by atoms with van der Waals surface area (Å²) in [7, 11) is -0.206. The summed E-state index contributed by atoms with van der Waals surface area (Å²) in [5.41, 5.74) is -0.143. The molecule has 0 spiro atoms. The standard InChI is InChI=1S/C14H27N5O3S/c1-4-18-13(12-7-5-8-15-11-12)16-19(14(18)20)9-6-10-23(21,22)17(2)3/h12,15H,4-11H2,1-3H3/t12-/m0/s1. The molecule has 1 aromatic heterocycles. The molecule has 2 rings (SSSR count). The Labute approximate surface area is 137 Å². The maximum Gasteiger partial charge on any atom is 0.345 e. The molecule has 0 unspecified atom stereocenters. The smallest absolute Gasteiger partial charge is 0.316 e. The van der Waals surface area contributed by atoms with Gasteiger partial charge in [-0.3, -0.25) is 4.57 Å². The molecule has 2 heterocycles. The first-order valence-corrected chi connectivity index (χ1v) is 9.76. The average molecular weight is 345 g/mol. The Hall–Kier alpha value is -1.19. The third kappa shape index (κ3) is 4.21. The molecule has 0 aromatic carbocycles. The molecule has 1 aromatic rings. The lowest BCUT2D eigenvalue weighted by atomic mass is 9.99. The minimum atomic E-state index is -3.24. The van der Waals surface area contributed by atoms with Crippen molar-refractivity contribution in [1.82, 2.24) is 24.0 Å². The predicted octanol–water partition coefficient (Wildman–Crippen LogP) is -0.187. The van der Waals surface area contributed by atoms with Gasteiger partial charge in [0.05, 0.1) is 5.75 Å². The minimum Gasteiger partial charge on any atom is -0.316 e. The van der Waals surface area contributed by atoms with E-state index in [4.69, 9.17) is 0 Å². The number of hydrogen-bond donors (Lipinski definition) is 1. The van der Waals surface area contributed by atoms with Gasteiger partial charge < -0.3 is 5.32 Å². The van der Waals surface area contributed by atoms with E-state index in [1.165, 1.54) is 23.1 Å². The number of nitrogens with one attached hydrogen (secondary N) is 1. The van der Waals surface area contributed by atoms with E-state index in [2.05, 4.69) is 10.4 Å². The van der Waals surface area contributed by atoms with E-state index in [0.717, 1.165) is 31.8 Å². The van der Waals surface area contributed by atoms with Crippen LogP contribution in [0.2, 0.25) is 0 Å². The Morgan fingerprint density at radius 3 is 2.70 bits per heavy atom. The van der Waals surface area contributed by atoms with Gasteiger partial charge in [-0.2, -0.15) is 5.10 Å². The SMILES string of the molecule is CCn1c([C@H]2CCCNC2)nn(CCCS(=O)(=O)N(C)C)c1=O. The summed E-state index contributed by atoms with van der Waals surface area (Å²) in [6.45, 7) is 4.69. The highest BCUT2D eigenvalue weighted by molar-refractivity contribution is 7.89. The van der Waals surface area contributed by atoms with Crippen LogP contribution in [0, 0.1) is 0 Å². The minimum absolute atomic E-state index is 0.0196. The lowest BCUT2D eigenvalue weighted by molar-refractivity contribution is 0.430. The van der Waals surface area contributed by atoms with E-state index in [0.29, 0.717) is 19.5 Å². The van der Waals surface area contributed by atoms with E-state index in [9.17, 15) is 13.2 Å². The van der Waals surface area contributed by atoms with E-state index in [1.54, 1.807) is 4.57 Å². The fraction of sp³-hybridized carbons (Fsp3) is 0.857. The summed E-state index contributed by atoms with van der Waals surface area (Å²) >= 11 is 0. The Morgan fingerprint density at radius 1 is 1.39 bits per heavy atom. The third-order valence-electron chi connectivity index (χ3n) is 4.26. The van der Waals surface area contributed by atoms with Crippen molar-refractivity contribution >= 4 is 10.0 Å². The molecule has 1 fully saturated rings. The molecular formula is C14H27N5O3S. The van der Waals surface area contributed by atoms with E-state index in [1.807, 2.05) is 6.92 Å². The first kappa shape index (κ1) is 18.2. The van der Waals surface area contributed by atoms with Gasteiger partial charge in [-0.05, 0) is 32.7 Å². The highest BCUT2D eigenvalue weighted by Crippen LogP contribution is 2.20. The summed E-state index contributed by atoms with van der Waals surface area (Å²) in [5, 5.41) is 7.83. The second kappa shape index (κ2) is 7.59. The third-order valence-corrected chi connectivity index (χ3v) is 6.18. The molecule has 1 atom stereocenters. The number of aromatic nitrogens is 3. The van der Waals surface area contributed by atoms with Crippen molar-refractivity contribution in [1.29, 1.82) is 0 Å². The Balaban J connectivity index is 2.11. The second-order valence-corrected chi connectivity index (χ2v) is 8.41. The summed E-state index contributed by atoms with van der Waals surface area (Å²) in [5.74, 6) is 1.09. The van der Waals surface area contributed by atoms with Crippen LogP contribution >= 0.6 is 0 Å². The second-order valence-electron chi connectivity index (χ2n) is 6.10. The lowest BCUT2D eigenvalue weighted by Gasteiger charge is -2.21. The van der Waals surface area contributed by atoms with Gasteiger partial charge in [0.1, 0.15) is 5.82 Å². The molecular weight excluding hydrogens is 318 g/mol. The van der Waals surface area contributed by atoms with Crippen molar-refractivity contribution in [3.8, 4) is 0 Å². The zero-order valence-electron chi connectivity index (χ0n) is 14.2. The molecule has 1 aliphatic heterocycles. The number of piperidine rings is 1.